The number of hydrogen-bond donors (Lipinski definition) is 1. The van der Waals surface area contributed by atoms with Crippen molar-refractivity contribution in [2.24, 2.45) is 5.92 Å². The molecule has 0 aliphatic rings. The highest BCUT2D eigenvalue weighted by molar-refractivity contribution is 5.74. The molecule has 5 heteroatoms. The molecule has 1 N–H and O–H groups in total. The van der Waals surface area contributed by atoms with Gasteiger partial charge in [-0.25, -0.2) is 0 Å². The fourth-order valence-corrected chi connectivity index (χ4v) is 2.92. The van der Waals surface area contributed by atoms with Crippen LogP contribution in [0.25, 0.3) is 0 Å². The van der Waals surface area contributed by atoms with Crippen molar-refractivity contribution in [3.63, 3.8) is 0 Å². The van der Waals surface area contributed by atoms with Crippen LogP contribution in [-0.4, -0.2) is 47.7 Å². The molecule has 0 aromatic rings. The summed E-state index contributed by atoms with van der Waals surface area (Å²) in [7, 11) is 3.65. The highest BCUT2D eigenvalue weighted by atomic mass is 16.4. The monoisotopic (exact) mass is 357 g/mol. The van der Waals surface area contributed by atoms with Crippen molar-refractivity contribution in [2.45, 2.75) is 90.5 Å². The normalized spacial score (nSPS) is 13.6. The molecular formula is C20H39NO4. The summed E-state index contributed by atoms with van der Waals surface area (Å²) in [5.41, 5.74) is -1.04. The maximum atomic E-state index is 11.5. The predicted molar refractivity (Wildman–Crippen MR) is 99.0 cm³/mol. The second-order valence-corrected chi connectivity index (χ2v) is 8.34. The van der Waals surface area contributed by atoms with Gasteiger partial charge in [0.2, 0.25) is 0 Å². The Balaban J connectivity index is 4.23. The van der Waals surface area contributed by atoms with Crippen molar-refractivity contribution in [1.82, 2.24) is 0 Å². The van der Waals surface area contributed by atoms with Crippen molar-refractivity contribution >= 4 is 11.9 Å². The number of likely N-dealkylation sites (N-methyl/N-ethyl adjacent to an activating group) is 1. The van der Waals surface area contributed by atoms with E-state index in [1.807, 2.05) is 14.1 Å². The molecular weight excluding hydrogens is 318 g/mol. The van der Waals surface area contributed by atoms with Gasteiger partial charge in [-0.1, -0.05) is 58.3 Å². The molecule has 0 saturated heterocycles. The Bertz CT molecular complexity index is 405. The van der Waals surface area contributed by atoms with Crippen LogP contribution < -0.4 is 5.11 Å². The van der Waals surface area contributed by atoms with Gasteiger partial charge >= 0.3 is 5.97 Å². The molecule has 1 unspecified atom stereocenters. The summed E-state index contributed by atoms with van der Waals surface area (Å²) in [6.45, 7) is 5.99. The standard InChI is InChI=1S/C20H39NO4/c1-6-7-8-9-10-11-12-13-14-17(18(22)23)15-16-21(4,5)20(2,3)19(24)25/h17H,6-16H2,1-5H3,(H-,22,23,24,25). The molecule has 0 fully saturated rings. The highest BCUT2D eigenvalue weighted by Crippen LogP contribution is 2.23. The molecule has 0 bridgehead atoms. The Hall–Kier alpha value is -1.10. The number of hydrogen-bond acceptors (Lipinski definition) is 3. The lowest BCUT2D eigenvalue weighted by Crippen LogP contribution is -2.65. The zero-order valence-corrected chi connectivity index (χ0v) is 17.0. The van der Waals surface area contributed by atoms with E-state index >= 15 is 0 Å². The molecule has 0 aliphatic carbocycles. The van der Waals surface area contributed by atoms with Gasteiger partial charge in [-0.3, -0.25) is 4.79 Å². The summed E-state index contributed by atoms with van der Waals surface area (Å²) in [6.07, 6.45) is 10.7. The molecule has 0 rings (SSSR count). The molecule has 0 heterocycles. The van der Waals surface area contributed by atoms with Gasteiger partial charge in [0.15, 0.2) is 0 Å². The van der Waals surface area contributed by atoms with Crippen LogP contribution >= 0.6 is 0 Å². The van der Waals surface area contributed by atoms with E-state index in [2.05, 4.69) is 6.92 Å². The summed E-state index contributed by atoms with van der Waals surface area (Å²) in [5.74, 6) is -2.27. The summed E-state index contributed by atoms with van der Waals surface area (Å²) >= 11 is 0. The Morgan fingerprint density at radius 2 is 1.44 bits per heavy atom. The number of carboxylic acids is 2. The van der Waals surface area contributed by atoms with Gasteiger partial charge in [-0.2, -0.15) is 0 Å². The molecule has 0 spiro atoms. The minimum Gasteiger partial charge on any atom is -0.544 e. The lowest BCUT2D eigenvalue weighted by molar-refractivity contribution is -0.930. The predicted octanol–water partition coefficient (Wildman–Crippen LogP) is 3.21. The van der Waals surface area contributed by atoms with E-state index in [1.165, 1.54) is 38.5 Å². The lowest BCUT2D eigenvalue weighted by atomic mass is 9.94. The molecule has 148 valence electrons. The Morgan fingerprint density at radius 3 is 1.88 bits per heavy atom. The Labute approximate surface area is 154 Å². The number of quaternary nitrogens is 1. The second kappa shape index (κ2) is 11.5. The third-order valence-corrected chi connectivity index (χ3v) is 5.80. The highest BCUT2D eigenvalue weighted by Gasteiger charge is 2.38. The molecule has 0 aliphatic heterocycles. The molecule has 5 nitrogen and oxygen atoms in total. The number of carboxylic acid groups (broad SMARTS) is 2. The number of aliphatic carboxylic acids is 2. The maximum absolute atomic E-state index is 11.5. The van der Waals surface area contributed by atoms with Crippen LogP contribution in [0.1, 0.15) is 85.0 Å². The third-order valence-electron chi connectivity index (χ3n) is 5.80. The van der Waals surface area contributed by atoms with Crippen molar-refractivity contribution < 1.29 is 24.3 Å². The number of unbranched alkanes of at least 4 members (excludes halogenated alkanes) is 7. The minimum absolute atomic E-state index is 0.219. The van der Waals surface area contributed by atoms with Crippen molar-refractivity contribution in [2.75, 3.05) is 20.6 Å². The first-order chi connectivity index (χ1) is 11.6. The van der Waals surface area contributed by atoms with Crippen LogP contribution in [0.4, 0.5) is 0 Å². The molecule has 0 aromatic heterocycles. The van der Waals surface area contributed by atoms with E-state index in [4.69, 9.17) is 0 Å². The summed E-state index contributed by atoms with van der Waals surface area (Å²) < 4.78 is 0.219. The van der Waals surface area contributed by atoms with Gasteiger partial charge in [0, 0.05) is 6.42 Å². The smallest absolute Gasteiger partial charge is 0.306 e. The van der Waals surface area contributed by atoms with Crippen LogP contribution in [0.2, 0.25) is 0 Å². The van der Waals surface area contributed by atoms with Crippen molar-refractivity contribution in [3.8, 4) is 0 Å². The molecule has 0 amide bonds. The first-order valence-electron chi connectivity index (χ1n) is 9.83. The topological polar surface area (TPSA) is 77.4 Å². The maximum Gasteiger partial charge on any atom is 0.306 e. The molecule has 0 radical (unpaired) electrons. The van der Waals surface area contributed by atoms with Gasteiger partial charge in [0.05, 0.1) is 26.6 Å². The second-order valence-electron chi connectivity index (χ2n) is 8.34. The third kappa shape index (κ3) is 8.70. The summed E-state index contributed by atoms with van der Waals surface area (Å²) in [6, 6.07) is 0. The van der Waals surface area contributed by atoms with E-state index in [9.17, 15) is 19.8 Å². The largest absolute Gasteiger partial charge is 0.544 e. The van der Waals surface area contributed by atoms with Gasteiger partial charge < -0.3 is 19.5 Å². The van der Waals surface area contributed by atoms with Gasteiger partial charge in [-0.15, -0.1) is 0 Å². The van der Waals surface area contributed by atoms with E-state index in [1.54, 1.807) is 13.8 Å². The molecule has 25 heavy (non-hydrogen) atoms. The number of nitrogens with zero attached hydrogens (tertiary/aromatic N) is 1. The first kappa shape index (κ1) is 23.9. The van der Waals surface area contributed by atoms with E-state index < -0.39 is 23.4 Å². The van der Waals surface area contributed by atoms with E-state index in [0.717, 1.165) is 12.8 Å². The number of carbonyl (C=O) groups excluding carboxylic acids is 1. The molecule has 1 atom stereocenters. The fraction of sp³-hybridized carbons (Fsp3) is 0.900. The van der Waals surface area contributed by atoms with Crippen molar-refractivity contribution in [3.05, 3.63) is 0 Å². The van der Waals surface area contributed by atoms with Gasteiger partial charge in [0.25, 0.3) is 0 Å². The SMILES string of the molecule is CCCCCCCCCCC(CC[N+](C)(C)C(C)(C)C(=O)[O-])C(=O)O. The number of carbonyl (C=O) groups is 2. The summed E-state index contributed by atoms with van der Waals surface area (Å²) in [5, 5.41) is 20.8. The van der Waals surface area contributed by atoms with E-state index in [-0.39, 0.29) is 4.48 Å². The quantitative estimate of drug-likeness (QED) is 0.361. The average Bonchev–Trinajstić information content (AvgIpc) is 2.51. The van der Waals surface area contributed by atoms with Gasteiger partial charge in [-0.05, 0) is 20.3 Å². The number of rotatable bonds is 15. The lowest BCUT2D eigenvalue weighted by Gasteiger charge is -2.45. The first-order valence-corrected chi connectivity index (χ1v) is 9.83. The van der Waals surface area contributed by atoms with Crippen LogP contribution in [0.3, 0.4) is 0 Å². The van der Waals surface area contributed by atoms with Crippen LogP contribution in [0.5, 0.6) is 0 Å². The van der Waals surface area contributed by atoms with Crippen LogP contribution in [-0.2, 0) is 9.59 Å². The molecule has 0 aromatic carbocycles. The average molecular weight is 358 g/mol. The van der Waals surface area contributed by atoms with Crippen LogP contribution in [0.15, 0.2) is 0 Å². The van der Waals surface area contributed by atoms with Gasteiger partial charge in [0.1, 0.15) is 11.5 Å². The summed E-state index contributed by atoms with van der Waals surface area (Å²) in [4.78, 5) is 22.8. The fourth-order valence-electron chi connectivity index (χ4n) is 2.92. The van der Waals surface area contributed by atoms with E-state index in [0.29, 0.717) is 19.4 Å². The molecule has 0 saturated carbocycles. The Kier molecular flexibility index (Phi) is 11.0. The Morgan fingerprint density at radius 1 is 0.960 bits per heavy atom. The zero-order chi connectivity index (χ0) is 19.5. The van der Waals surface area contributed by atoms with Crippen LogP contribution in [0, 0.1) is 5.92 Å². The van der Waals surface area contributed by atoms with Crippen molar-refractivity contribution in [1.29, 1.82) is 0 Å². The minimum atomic E-state index is -1.10. The zero-order valence-electron chi connectivity index (χ0n) is 17.0.